The molecule has 0 aromatic rings. The third kappa shape index (κ3) is 7.37. The Labute approximate surface area is 60.4 Å². The third-order valence-corrected chi connectivity index (χ3v) is 0.863. The quantitative estimate of drug-likeness (QED) is 0.375. The normalized spacial score (nSPS) is 9.20. The maximum absolute atomic E-state index is 8.27. The summed E-state index contributed by atoms with van der Waals surface area (Å²) in [6.07, 6.45) is 0. The molecule has 0 amide bonds. The van der Waals surface area contributed by atoms with Crippen molar-refractivity contribution in [3.8, 4) is 6.07 Å². The zero-order valence-corrected chi connectivity index (χ0v) is 5.84. The van der Waals surface area contributed by atoms with Crippen LogP contribution in [0.15, 0.2) is 0 Å². The lowest BCUT2D eigenvalue weighted by atomic mass is 10.6. The van der Waals surface area contributed by atoms with Crippen LogP contribution in [0.2, 0.25) is 0 Å². The molecule has 58 valence electrons. The molecule has 0 aliphatic heterocycles. The number of rotatable bonds is 6. The summed E-state index contributed by atoms with van der Waals surface area (Å²) in [5, 5.41) is 19.2. The van der Waals surface area contributed by atoms with Gasteiger partial charge in [-0.3, -0.25) is 0 Å². The molecule has 4 heteroatoms. The Balaban J connectivity index is 2.72. The highest BCUT2D eigenvalue weighted by Gasteiger charge is 1.85. The van der Waals surface area contributed by atoms with Gasteiger partial charge in [0.15, 0.2) is 0 Å². The Hall–Kier alpha value is -0.630. The first-order valence-electron chi connectivity index (χ1n) is 3.18. The van der Waals surface area contributed by atoms with E-state index in [9.17, 15) is 0 Å². The molecule has 2 N–H and O–H groups in total. The van der Waals surface area contributed by atoms with Gasteiger partial charge in [0, 0.05) is 6.54 Å². The Bertz CT molecular complexity index is 100. The molecule has 0 radical (unpaired) electrons. The molecule has 0 fully saturated rings. The molecule has 0 saturated heterocycles. The van der Waals surface area contributed by atoms with E-state index < -0.39 is 0 Å². The van der Waals surface area contributed by atoms with Crippen LogP contribution in [0.4, 0.5) is 0 Å². The molecule has 0 aromatic carbocycles. The number of nitriles is 1. The Morgan fingerprint density at radius 2 is 2.30 bits per heavy atom. The number of aliphatic hydroxyl groups excluding tert-OH is 1. The standard InChI is InChI=1S/C6H12N2O2/c7-1-2-8-3-5-10-6-4-9/h8-9H,2-6H2. The molecule has 4 nitrogen and oxygen atoms in total. The number of aliphatic hydroxyl groups is 1. The van der Waals surface area contributed by atoms with Crippen LogP contribution in [0.5, 0.6) is 0 Å². The lowest BCUT2D eigenvalue weighted by molar-refractivity contribution is 0.0944. The highest BCUT2D eigenvalue weighted by Crippen LogP contribution is 1.70. The Morgan fingerprint density at radius 3 is 2.90 bits per heavy atom. The van der Waals surface area contributed by atoms with Gasteiger partial charge in [-0.1, -0.05) is 0 Å². The molecule has 0 heterocycles. The first-order chi connectivity index (χ1) is 4.91. The fourth-order valence-electron chi connectivity index (χ4n) is 0.455. The zero-order chi connectivity index (χ0) is 7.66. The lowest BCUT2D eigenvalue weighted by Crippen LogP contribution is -2.20. The summed E-state index contributed by atoms with van der Waals surface area (Å²) in [5.74, 6) is 0. The first-order valence-corrected chi connectivity index (χ1v) is 3.18. The van der Waals surface area contributed by atoms with Gasteiger partial charge in [-0.25, -0.2) is 0 Å². The minimum absolute atomic E-state index is 0.0538. The summed E-state index contributed by atoms with van der Waals surface area (Å²) >= 11 is 0. The van der Waals surface area contributed by atoms with Gasteiger partial charge in [-0.2, -0.15) is 5.26 Å². The molecule has 0 unspecified atom stereocenters. The van der Waals surface area contributed by atoms with Gasteiger partial charge in [-0.15, -0.1) is 0 Å². The van der Waals surface area contributed by atoms with Crippen LogP contribution in [-0.4, -0.2) is 38.0 Å². The van der Waals surface area contributed by atoms with E-state index in [2.05, 4.69) is 5.32 Å². The van der Waals surface area contributed by atoms with Gasteiger partial charge in [0.25, 0.3) is 0 Å². The molecular formula is C6H12N2O2. The molecule has 0 rings (SSSR count). The van der Waals surface area contributed by atoms with E-state index in [1.807, 2.05) is 6.07 Å². The lowest BCUT2D eigenvalue weighted by Gasteiger charge is -2.00. The van der Waals surface area contributed by atoms with E-state index in [1.54, 1.807) is 0 Å². The van der Waals surface area contributed by atoms with Crippen LogP contribution >= 0.6 is 0 Å². The number of nitrogens with one attached hydrogen (secondary N) is 1. The smallest absolute Gasteiger partial charge is 0.0841 e. The molecule has 0 aliphatic carbocycles. The van der Waals surface area contributed by atoms with Crippen molar-refractivity contribution < 1.29 is 9.84 Å². The molecule has 10 heavy (non-hydrogen) atoms. The summed E-state index contributed by atoms with van der Waals surface area (Å²) < 4.78 is 4.91. The average molecular weight is 144 g/mol. The number of nitrogens with zero attached hydrogens (tertiary/aromatic N) is 1. The van der Waals surface area contributed by atoms with E-state index in [0.717, 1.165) is 0 Å². The van der Waals surface area contributed by atoms with E-state index in [1.165, 1.54) is 0 Å². The highest BCUT2D eigenvalue weighted by atomic mass is 16.5. The second-order valence-corrected chi connectivity index (χ2v) is 1.67. The van der Waals surface area contributed by atoms with Crippen molar-refractivity contribution in [2.75, 3.05) is 32.9 Å². The molecule has 0 aromatic heterocycles. The van der Waals surface area contributed by atoms with Gasteiger partial charge >= 0.3 is 0 Å². The average Bonchev–Trinajstić information content (AvgIpc) is 1.97. The number of ether oxygens (including phenoxy) is 1. The van der Waals surface area contributed by atoms with Gasteiger partial charge in [0.2, 0.25) is 0 Å². The van der Waals surface area contributed by atoms with Crippen molar-refractivity contribution in [2.24, 2.45) is 0 Å². The van der Waals surface area contributed by atoms with Crippen molar-refractivity contribution in [3.63, 3.8) is 0 Å². The highest BCUT2D eigenvalue weighted by molar-refractivity contribution is 4.71. The largest absolute Gasteiger partial charge is 0.394 e. The molecule has 0 saturated carbocycles. The van der Waals surface area contributed by atoms with Crippen molar-refractivity contribution in [2.45, 2.75) is 0 Å². The maximum Gasteiger partial charge on any atom is 0.0841 e. The molecule has 0 atom stereocenters. The van der Waals surface area contributed by atoms with E-state index in [4.69, 9.17) is 15.1 Å². The van der Waals surface area contributed by atoms with Crippen LogP contribution in [-0.2, 0) is 4.74 Å². The van der Waals surface area contributed by atoms with Crippen LogP contribution < -0.4 is 5.32 Å². The predicted octanol–water partition coefficient (Wildman–Crippen LogP) is -0.892. The van der Waals surface area contributed by atoms with E-state index in [0.29, 0.717) is 26.3 Å². The molecule has 0 spiro atoms. The molecule has 0 aliphatic rings. The number of hydrogen-bond donors (Lipinski definition) is 2. The SMILES string of the molecule is N#CCNCCOCCO. The monoisotopic (exact) mass is 144 g/mol. The zero-order valence-electron chi connectivity index (χ0n) is 5.84. The summed E-state index contributed by atoms with van der Waals surface area (Å²) in [4.78, 5) is 0. The summed E-state index contributed by atoms with van der Waals surface area (Å²) in [6.45, 7) is 1.98. The van der Waals surface area contributed by atoms with E-state index in [-0.39, 0.29) is 6.61 Å². The van der Waals surface area contributed by atoms with Crippen LogP contribution in [0.25, 0.3) is 0 Å². The molecular weight excluding hydrogens is 132 g/mol. The topological polar surface area (TPSA) is 65.3 Å². The third-order valence-electron chi connectivity index (χ3n) is 0.863. The Morgan fingerprint density at radius 1 is 1.50 bits per heavy atom. The Kier molecular flexibility index (Phi) is 7.84. The molecule has 0 bridgehead atoms. The van der Waals surface area contributed by atoms with Crippen molar-refractivity contribution >= 4 is 0 Å². The van der Waals surface area contributed by atoms with E-state index >= 15 is 0 Å². The summed E-state index contributed by atoms with van der Waals surface area (Å²) in [6, 6.07) is 1.94. The van der Waals surface area contributed by atoms with Gasteiger partial charge in [0.05, 0.1) is 32.4 Å². The van der Waals surface area contributed by atoms with Crippen molar-refractivity contribution in [1.29, 1.82) is 5.26 Å². The van der Waals surface area contributed by atoms with Crippen LogP contribution in [0.3, 0.4) is 0 Å². The summed E-state index contributed by atoms with van der Waals surface area (Å²) in [7, 11) is 0. The summed E-state index contributed by atoms with van der Waals surface area (Å²) in [5.41, 5.74) is 0. The fourth-order valence-corrected chi connectivity index (χ4v) is 0.455. The van der Waals surface area contributed by atoms with Crippen molar-refractivity contribution in [3.05, 3.63) is 0 Å². The second kappa shape index (κ2) is 8.37. The fraction of sp³-hybridized carbons (Fsp3) is 0.833. The van der Waals surface area contributed by atoms with Gasteiger partial charge in [-0.05, 0) is 0 Å². The van der Waals surface area contributed by atoms with Gasteiger partial charge in [0.1, 0.15) is 0 Å². The van der Waals surface area contributed by atoms with Crippen molar-refractivity contribution in [1.82, 2.24) is 5.32 Å². The first kappa shape index (κ1) is 9.37. The maximum atomic E-state index is 8.27. The van der Waals surface area contributed by atoms with Gasteiger partial charge < -0.3 is 15.2 Å². The predicted molar refractivity (Wildman–Crippen MR) is 36.4 cm³/mol. The minimum Gasteiger partial charge on any atom is -0.394 e. The van der Waals surface area contributed by atoms with Crippen LogP contribution in [0.1, 0.15) is 0 Å². The number of hydrogen-bond acceptors (Lipinski definition) is 4. The minimum atomic E-state index is 0.0538. The van der Waals surface area contributed by atoms with Crippen LogP contribution in [0, 0.1) is 11.3 Å². The second-order valence-electron chi connectivity index (χ2n) is 1.67.